The molecule has 2 aromatic rings. The molecular weight excluding hydrogens is 285 g/mol. The van der Waals surface area contributed by atoms with Crippen molar-refractivity contribution in [2.45, 2.75) is 6.92 Å². The number of nitrogens with two attached hydrogens (primary N) is 1. The van der Waals surface area contributed by atoms with Gasteiger partial charge in [-0.25, -0.2) is 4.39 Å². The van der Waals surface area contributed by atoms with Crippen LogP contribution in [-0.2, 0) is 0 Å². The van der Waals surface area contributed by atoms with Crippen LogP contribution in [0.4, 0.5) is 4.39 Å². The maximum atomic E-state index is 13.1. The Balaban J connectivity index is 2.42. The first-order valence-corrected chi connectivity index (χ1v) is 6.30. The summed E-state index contributed by atoms with van der Waals surface area (Å²) in [6.07, 6.45) is 0. The van der Waals surface area contributed by atoms with E-state index in [1.807, 2.05) is 19.1 Å². The molecule has 0 spiro atoms. The van der Waals surface area contributed by atoms with E-state index < -0.39 is 5.82 Å². The van der Waals surface area contributed by atoms with Gasteiger partial charge in [0.15, 0.2) is 0 Å². The molecule has 0 saturated carbocycles. The molecule has 0 aliphatic carbocycles. The van der Waals surface area contributed by atoms with Gasteiger partial charge in [-0.2, -0.15) is 0 Å². The number of thiocarbonyl (C=S) groups is 1. The van der Waals surface area contributed by atoms with Crippen molar-refractivity contribution in [2.75, 3.05) is 0 Å². The third kappa shape index (κ3) is 3.03. The van der Waals surface area contributed by atoms with Gasteiger partial charge in [0.1, 0.15) is 22.3 Å². The number of hydrogen-bond donors (Lipinski definition) is 1. The van der Waals surface area contributed by atoms with Crippen LogP contribution < -0.4 is 10.5 Å². The quantitative estimate of drug-likeness (QED) is 0.861. The first-order valence-electron chi connectivity index (χ1n) is 5.51. The zero-order valence-corrected chi connectivity index (χ0v) is 11.7. The fraction of sp³-hybridized carbons (Fsp3) is 0.0714. The van der Waals surface area contributed by atoms with Gasteiger partial charge in [0.05, 0.1) is 10.6 Å². The van der Waals surface area contributed by atoms with Crippen LogP contribution in [0.25, 0.3) is 0 Å². The Hall–Kier alpha value is -1.65. The monoisotopic (exact) mass is 295 g/mol. The molecule has 0 heterocycles. The van der Waals surface area contributed by atoms with E-state index in [4.69, 9.17) is 34.3 Å². The van der Waals surface area contributed by atoms with E-state index in [0.717, 1.165) is 5.56 Å². The summed E-state index contributed by atoms with van der Waals surface area (Å²) in [7, 11) is 0. The summed E-state index contributed by atoms with van der Waals surface area (Å²) in [5.74, 6) is 0.490. The minimum absolute atomic E-state index is 0.00274. The van der Waals surface area contributed by atoms with Gasteiger partial charge in [-0.1, -0.05) is 36.0 Å². The van der Waals surface area contributed by atoms with E-state index in [0.29, 0.717) is 17.1 Å². The fourth-order valence-corrected chi connectivity index (χ4v) is 1.97. The number of benzene rings is 2. The predicted octanol–water partition coefficient (Wildman–Crippen LogP) is 4.21. The van der Waals surface area contributed by atoms with Crippen molar-refractivity contribution in [3.8, 4) is 11.5 Å². The molecule has 0 saturated heterocycles. The molecule has 0 bridgehead atoms. The van der Waals surface area contributed by atoms with E-state index in [1.54, 1.807) is 6.07 Å². The number of ether oxygens (including phenoxy) is 1. The minimum Gasteiger partial charge on any atom is -0.456 e. The Morgan fingerprint density at radius 2 is 2.05 bits per heavy atom. The zero-order valence-electron chi connectivity index (χ0n) is 10.1. The Morgan fingerprint density at radius 1 is 1.32 bits per heavy atom. The summed E-state index contributed by atoms with van der Waals surface area (Å²) in [6.45, 7) is 1.88. The number of hydrogen-bond acceptors (Lipinski definition) is 2. The molecule has 5 heteroatoms. The topological polar surface area (TPSA) is 35.2 Å². The molecule has 0 amide bonds. The highest BCUT2D eigenvalue weighted by Gasteiger charge is 2.11. The van der Waals surface area contributed by atoms with Crippen LogP contribution in [0.3, 0.4) is 0 Å². The molecule has 2 aromatic carbocycles. The maximum Gasteiger partial charge on any atom is 0.142 e. The third-order valence-electron chi connectivity index (χ3n) is 2.59. The number of rotatable bonds is 3. The standard InChI is InChI=1S/C14H11ClFNOS/c1-8-3-2-4-10(14(17)19)13(8)18-9-5-6-12(16)11(15)7-9/h2-7H,1H3,(H2,17,19). The molecule has 98 valence electrons. The van der Waals surface area contributed by atoms with Gasteiger partial charge >= 0.3 is 0 Å². The third-order valence-corrected chi connectivity index (χ3v) is 3.10. The largest absolute Gasteiger partial charge is 0.456 e. The minimum atomic E-state index is -0.492. The van der Waals surface area contributed by atoms with Crippen LogP contribution in [-0.4, -0.2) is 4.99 Å². The second-order valence-corrected chi connectivity index (χ2v) is 4.84. The highest BCUT2D eigenvalue weighted by Crippen LogP contribution is 2.31. The average molecular weight is 296 g/mol. The summed E-state index contributed by atoms with van der Waals surface area (Å²) < 4.78 is 18.8. The molecule has 2 N–H and O–H groups in total. The van der Waals surface area contributed by atoms with Crippen LogP contribution in [0.1, 0.15) is 11.1 Å². The second kappa shape index (κ2) is 5.55. The number of aryl methyl sites for hydroxylation is 1. The van der Waals surface area contributed by atoms with Crippen molar-refractivity contribution >= 4 is 28.8 Å². The lowest BCUT2D eigenvalue weighted by Crippen LogP contribution is -2.11. The highest BCUT2D eigenvalue weighted by atomic mass is 35.5. The molecule has 0 fully saturated rings. The van der Waals surface area contributed by atoms with E-state index in [9.17, 15) is 4.39 Å². The lowest BCUT2D eigenvalue weighted by molar-refractivity contribution is 0.476. The molecule has 2 nitrogen and oxygen atoms in total. The maximum absolute atomic E-state index is 13.1. The van der Waals surface area contributed by atoms with Crippen molar-refractivity contribution in [3.63, 3.8) is 0 Å². The molecule has 0 aromatic heterocycles. The van der Waals surface area contributed by atoms with Crippen LogP contribution in [0.15, 0.2) is 36.4 Å². The van der Waals surface area contributed by atoms with Crippen LogP contribution in [0.5, 0.6) is 11.5 Å². The fourth-order valence-electron chi connectivity index (χ4n) is 1.64. The van der Waals surface area contributed by atoms with Gasteiger partial charge in [0.25, 0.3) is 0 Å². The normalized spacial score (nSPS) is 10.3. The van der Waals surface area contributed by atoms with Crippen LogP contribution in [0, 0.1) is 12.7 Å². The summed E-state index contributed by atoms with van der Waals surface area (Å²) in [4.78, 5) is 0.243. The lowest BCUT2D eigenvalue weighted by atomic mass is 10.1. The predicted molar refractivity (Wildman–Crippen MR) is 78.6 cm³/mol. The lowest BCUT2D eigenvalue weighted by Gasteiger charge is -2.13. The van der Waals surface area contributed by atoms with Gasteiger partial charge in [0.2, 0.25) is 0 Å². The summed E-state index contributed by atoms with van der Waals surface area (Å²) in [5, 5.41) is 0.00274. The van der Waals surface area contributed by atoms with Gasteiger partial charge in [-0.15, -0.1) is 0 Å². The zero-order chi connectivity index (χ0) is 14.0. The second-order valence-electron chi connectivity index (χ2n) is 3.99. The van der Waals surface area contributed by atoms with E-state index in [2.05, 4.69) is 0 Å². The molecule has 0 atom stereocenters. The summed E-state index contributed by atoms with van der Waals surface area (Å²) in [5.41, 5.74) is 7.17. The van der Waals surface area contributed by atoms with Gasteiger partial charge < -0.3 is 10.5 Å². The molecule has 0 radical (unpaired) electrons. The van der Waals surface area contributed by atoms with Crippen LogP contribution >= 0.6 is 23.8 Å². The Bertz CT molecular complexity index is 645. The number of para-hydroxylation sites is 1. The van der Waals surface area contributed by atoms with E-state index >= 15 is 0 Å². The van der Waals surface area contributed by atoms with Crippen molar-refractivity contribution in [3.05, 3.63) is 58.4 Å². The first-order chi connectivity index (χ1) is 8.99. The van der Waals surface area contributed by atoms with Crippen LogP contribution in [0.2, 0.25) is 5.02 Å². The Kier molecular flexibility index (Phi) is 4.02. The molecule has 0 aliphatic rings. The van der Waals surface area contributed by atoms with Crippen molar-refractivity contribution in [1.82, 2.24) is 0 Å². The smallest absolute Gasteiger partial charge is 0.142 e. The SMILES string of the molecule is Cc1cccc(C(N)=S)c1Oc1ccc(F)c(Cl)c1. The average Bonchev–Trinajstić information content (AvgIpc) is 2.36. The first kappa shape index (κ1) is 13.8. The van der Waals surface area contributed by atoms with Gasteiger partial charge in [-0.3, -0.25) is 0 Å². The van der Waals surface area contributed by atoms with E-state index in [-0.39, 0.29) is 10.0 Å². The molecule has 2 rings (SSSR count). The van der Waals surface area contributed by atoms with Gasteiger partial charge in [0, 0.05) is 6.07 Å². The van der Waals surface area contributed by atoms with Crippen molar-refractivity contribution in [1.29, 1.82) is 0 Å². The summed E-state index contributed by atoms with van der Waals surface area (Å²) >= 11 is 10.7. The van der Waals surface area contributed by atoms with E-state index in [1.165, 1.54) is 18.2 Å². The van der Waals surface area contributed by atoms with Gasteiger partial charge in [-0.05, 0) is 30.7 Å². The Labute approximate surface area is 120 Å². The molecule has 19 heavy (non-hydrogen) atoms. The van der Waals surface area contributed by atoms with Crippen molar-refractivity contribution < 1.29 is 9.13 Å². The molecule has 0 unspecified atom stereocenters. The summed E-state index contributed by atoms with van der Waals surface area (Å²) in [6, 6.07) is 9.65. The highest BCUT2D eigenvalue weighted by molar-refractivity contribution is 7.80. The molecule has 0 aliphatic heterocycles. The van der Waals surface area contributed by atoms with Crippen molar-refractivity contribution in [2.24, 2.45) is 5.73 Å². The Morgan fingerprint density at radius 3 is 2.68 bits per heavy atom. The molecular formula is C14H11ClFNOS. The number of halogens is 2.